The molecule has 0 saturated carbocycles. The van der Waals surface area contributed by atoms with Crippen molar-refractivity contribution in [1.82, 2.24) is 0 Å². The van der Waals surface area contributed by atoms with Crippen molar-refractivity contribution in [1.29, 1.82) is 0 Å². The van der Waals surface area contributed by atoms with Gasteiger partial charge in [-0.3, -0.25) is 9.05 Å². The van der Waals surface area contributed by atoms with E-state index in [4.69, 9.17) is 9.05 Å². The molecule has 0 heterocycles. The van der Waals surface area contributed by atoms with Gasteiger partial charge >= 0.3 is 54.2 Å². The van der Waals surface area contributed by atoms with Crippen molar-refractivity contribution in [3.63, 3.8) is 0 Å². The van der Waals surface area contributed by atoms with Gasteiger partial charge in [0.2, 0.25) is 0 Å². The van der Waals surface area contributed by atoms with E-state index < -0.39 is 16.5 Å². The molecule has 6 nitrogen and oxygen atoms in total. The molecule has 0 aliphatic carbocycles. The van der Waals surface area contributed by atoms with Crippen LogP contribution in [0, 0.1) is 0 Å². The topological polar surface area (TPSA) is 98.7 Å². The van der Waals surface area contributed by atoms with Crippen molar-refractivity contribution in [2.75, 3.05) is 0 Å². The van der Waals surface area contributed by atoms with E-state index in [0.717, 1.165) is 36.8 Å². The van der Waals surface area contributed by atoms with Gasteiger partial charge in [0.15, 0.2) is 11.5 Å². The van der Waals surface area contributed by atoms with Crippen LogP contribution in [0.1, 0.15) is 115 Å². The molecule has 9 heteroatoms. The van der Waals surface area contributed by atoms with Crippen LogP contribution in [0.5, 0.6) is 11.5 Å². The molecule has 2 aromatic rings. The summed E-state index contributed by atoms with van der Waals surface area (Å²) in [7, 11) is -5.64. The molecule has 2 atom stereocenters. The van der Waals surface area contributed by atoms with Crippen LogP contribution in [0.3, 0.4) is 0 Å². The average Bonchev–Trinajstić information content (AvgIpc) is 2.89. The predicted octanol–water partition coefficient (Wildman–Crippen LogP) is 8.37. The van der Waals surface area contributed by atoms with Gasteiger partial charge in [0.05, 0.1) is 0 Å². The van der Waals surface area contributed by atoms with E-state index in [9.17, 15) is 18.9 Å². The standard InChI is InChI=1S/2C15H23O3P.Ca/c2*1-2-3-4-5-6-7-8-11-14-12-9-10-13-15(14)18-19(16)17;/h2*9-10,12-13H,2-8,11H2,1H3;/q;;+2. The number of hydrogen-bond acceptors (Lipinski definition) is 6. The Bertz CT molecular complexity index is 839. The van der Waals surface area contributed by atoms with Gasteiger partial charge in [-0.1, -0.05) is 127 Å². The molecule has 0 radical (unpaired) electrons. The van der Waals surface area contributed by atoms with Crippen LogP contribution in [-0.2, 0) is 22.0 Å². The summed E-state index contributed by atoms with van der Waals surface area (Å²) in [6.45, 7) is 4.44. The average molecular weight is 605 g/mol. The van der Waals surface area contributed by atoms with Crippen molar-refractivity contribution in [2.45, 2.75) is 117 Å². The molecular weight excluding hydrogens is 558 g/mol. The summed E-state index contributed by atoms with van der Waals surface area (Å²) in [5.41, 5.74) is 1.96. The van der Waals surface area contributed by atoms with Crippen LogP contribution in [0.25, 0.3) is 0 Å². The fraction of sp³-hybridized carbons (Fsp3) is 0.600. The minimum Gasteiger partial charge on any atom is -0.558 e. The van der Waals surface area contributed by atoms with Crippen molar-refractivity contribution < 1.29 is 28.0 Å². The number of aryl methyl sites for hydroxylation is 2. The first-order valence-electron chi connectivity index (χ1n) is 14.3. The molecule has 0 aromatic heterocycles. The normalized spacial score (nSPS) is 11.1. The zero-order valence-electron chi connectivity index (χ0n) is 24.0. The van der Waals surface area contributed by atoms with Gasteiger partial charge in [-0.25, -0.2) is 0 Å². The van der Waals surface area contributed by atoms with Crippen LogP contribution >= 0.6 is 16.5 Å². The Morgan fingerprint density at radius 3 is 1.18 bits per heavy atom. The molecule has 212 valence electrons. The molecule has 0 aliphatic heterocycles. The Kier molecular flexibility index (Phi) is 25.9. The summed E-state index contributed by atoms with van der Waals surface area (Å²) in [5.74, 6) is 0.953. The monoisotopic (exact) mass is 604 g/mol. The molecule has 0 bridgehead atoms. The Balaban J connectivity index is 0.000000722. The first-order valence-corrected chi connectivity index (χ1v) is 16.5. The Labute approximate surface area is 268 Å². The maximum atomic E-state index is 10.6. The van der Waals surface area contributed by atoms with E-state index in [1.807, 2.05) is 24.3 Å². The fourth-order valence-electron chi connectivity index (χ4n) is 4.30. The van der Waals surface area contributed by atoms with Gasteiger partial charge in [0, 0.05) is 11.1 Å². The Morgan fingerprint density at radius 1 is 0.538 bits per heavy atom. The molecule has 0 amide bonds. The number of hydrogen-bond donors (Lipinski definition) is 0. The molecule has 0 spiro atoms. The van der Waals surface area contributed by atoms with Crippen LogP contribution in [0.15, 0.2) is 48.5 Å². The quantitative estimate of drug-likeness (QED) is 0.0855. The predicted molar refractivity (Wildman–Crippen MR) is 159 cm³/mol. The van der Waals surface area contributed by atoms with E-state index in [0.29, 0.717) is 11.5 Å². The molecule has 0 aliphatic rings. The first kappa shape index (κ1) is 38.4. The van der Waals surface area contributed by atoms with Crippen molar-refractivity contribution in [3.05, 3.63) is 59.7 Å². The van der Waals surface area contributed by atoms with E-state index in [2.05, 4.69) is 13.8 Å². The maximum Gasteiger partial charge on any atom is 2.00 e. The van der Waals surface area contributed by atoms with Crippen LogP contribution in [0.4, 0.5) is 0 Å². The van der Waals surface area contributed by atoms with Gasteiger partial charge in [-0.15, -0.1) is 0 Å². The van der Waals surface area contributed by atoms with Crippen LogP contribution in [0.2, 0.25) is 0 Å². The van der Waals surface area contributed by atoms with Crippen molar-refractivity contribution in [3.8, 4) is 11.5 Å². The molecule has 2 aromatic carbocycles. The third kappa shape index (κ3) is 20.9. The fourth-order valence-corrected chi connectivity index (χ4v) is 4.98. The smallest absolute Gasteiger partial charge is 0.558 e. The molecule has 39 heavy (non-hydrogen) atoms. The maximum absolute atomic E-state index is 10.6. The third-order valence-corrected chi connectivity index (χ3v) is 7.08. The zero-order valence-corrected chi connectivity index (χ0v) is 28.0. The summed E-state index contributed by atoms with van der Waals surface area (Å²) in [5, 5.41) is 0. The second-order valence-electron chi connectivity index (χ2n) is 9.59. The van der Waals surface area contributed by atoms with E-state index >= 15 is 0 Å². The molecule has 0 fully saturated rings. The van der Waals surface area contributed by atoms with Crippen LogP contribution in [-0.4, -0.2) is 37.7 Å². The van der Waals surface area contributed by atoms with Gasteiger partial charge in [-0.05, 0) is 46.9 Å². The first-order chi connectivity index (χ1) is 18.5. The summed E-state index contributed by atoms with van der Waals surface area (Å²) >= 11 is 0. The number of para-hydroxylation sites is 2. The third-order valence-electron chi connectivity index (χ3n) is 6.39. The largest absolute Gasteiger partial charge is 2.00 e. The second-order valence-corrected chi connectivity index (χ2v) is 10.8. The number of unbranched alkanes of at least 4 members (excludes halogenated alkanes) is 12. The van der Waals surface area contributed by atoms with Gasteiger partial charge in [0.1, 0.15) is 0 Å². The Hall–Kier alpha value is -0.580. The summed E-state index contributed by atoms with van der Waals surface area (Å²) in [6.07, 6.45) is 19.3. The zero-order chi connectivity index (χ0) is 27.8. The molecular formula is C30H46CaO6P2+2. The number of benzene rings is 2. The molecule has 0 N–H and O–H groups in total. The van der Waals surface area contributed by atoms with Crippen molar-refractivity contribution in [2.24, 2.45) is 0 Å². The van der Waals surface area contributed by atoms with E-state index in [1.165, 1.54) is 77.0 Å². The number of rotatable bonds is 20. The Morgan fingerprint density at radius 2 is 0.846 bits per heavy atom. The second kappa shape index (κ2) is 26.3. The van der Waals surface area contributed by atoms with Crippen LogP contribution < -0.4 is 18.8 Å². The minimum absolute atomic E-state index is 0. The van der Waals surface area contributed by atoms with Gasteiger partial charge in [-0.2, -0.15) is 0 Å². The summed E-state index contributed by atoms with van der Waals surface area (Å²) < 4.78 is 30.8. The van der Waals surface area contributed by atoms with Gasteiger partial charge in [0.25, 0.3) is 0 Å². The minimum atomic E-state index is -2.82. The van der Waals surface area contributed by atoms with Crippen molar-refractivity contribution >= 4 is 54.2 Å². The summed E-state index contributed by atoms with van der Waals surface area (Å²) in [4.78, 5) is 21.2. The molecule has 2 unspecified atom stereocenters. The molecule has 0 saturated heterocycles. The molecule has 2 rings (SSSR count). The van der Waals surface area contributed by atoms with Gasteiger partial charge < -0.3 is 9.79 Å². The SMILES string of the molecule is CCCCCCCCCc1ccccc1O[P+](=O)[O-].CCCCCCCCCc1ccccc1O[P+](=O)[O-].[Ca+2]. The van der Waals surface area contributed by atoms with E-state index in [1.54, 1.807) is 24.3 Å². The van der Waals surface area contributed by atoms with E-state index in [-0.39, 0.29) is 37.7 Å². The summed E-state index contributed by atoms with van der Waals surface area (Å²) in [6, 6.07) is 14.7.